The fraction of sp³-hybridized carbons (Fsp3) is 0.320. The van der Waals surface area contributed by atoms with Crippen LogP contribution in [0.3, 0.4) is 0 Å². The highest BCUT2D eigenvalue weighted by Gasteiger charge is 2.47. The number of carboxylic acid groups (broad SMARTS) is 1. The molecular weight excluding hydrogens is 458 g/mol. The predicted molar refractivity (Wildman–Crippen MR) is 127 cm³/mol. The summed E-state index contributed by atoms with van der Waals surface area (Å²) in [4.78, 5) is 25.0. The molecule has 0 saturated heterocycles. The van der Waals surface area contributed by atoms with Crippen molar-refractivity contribution in [1.82, 2.24) is 15.0 Å². The van der Waals surface area contributed by atoms with Gasteiger partial charge in [-0.05, 0) is 61.3 Å². The van der Waals surface area contributed by atoms with Crippen molar-refractivity contribution in [3.63, 3.8) is 0 Å². The molecule has 3 N–H and O–H groups in total. The number of hydrogen-bond acceptors (Lipinski definition) is 5. The predicted octanol–water partition coefficient (Wildman–Crippen LogP) is 5.93. The highest BCUT2D eigenvalue weighted by atomic mass is 32.1. The molecule has 3 aromatic heterocycles. The van der Waals surface area contributed by atoms with Gasteiger partial charge in [-0.3, -0.25) is 4.79 Å². The van der Waals surface area contributed by atoms with Crippen LogP contribution in [0.25, 0.3) is 32.0 Å². The first-order valence-electron chi connectivity index (χ1n) is 11.4. The summed E-state index contributed by atoms with van der Waals surface area (Å²) in [5.41, 5.74) is 2.05. The number of hydrogen-bond donors (Lipinski definition) is 3. The quantitative estimate of drug-likeness (QED) is 0.329. The molecule has 3 aliphatic rings. The van der Waals surface area contributed by atoms with Crippen molar-refractivity contribution in [1.29, 1.82) is 0 Å². The van der Waals surface area contributed by atoms with E-state index in [0.717, 1.165) is 42.3 Å². The van der Waals surface area contributed by atoms with Crippen LogP contribution in [-0.4, -0.2) is 32.1 Å². The third-order valence-electron chi connectivity index (χ3n) is 7.27. The molecule has 34 heavy (non-hydrogen) atoms. The van der Waals surface area contributed by atoms with Crippen LogP contribution in [-0.2, 0) is 4.79 Å². The summed E-state index contributed by atoms with van der Waals surface area (Å²) in [6, 6.07) is 7.37. The Morgan fingerprint density at radius 1 is 1.09 bits per heavy atom. The molecule has 3 saturated carbocycles. The van der Waals surface area contributed by atoms with Gasteiger partial charge in [-0.25, -0.2) is 18.7 Å². The molecule has 0 radical (unpaired) electrons. The van der Waals surface area contributed by atoms with Gasteiger partial charge in [0.05, 0.1) is 17.0 Å². The van der Waals surface area contributed by atoms with Crippen LogP contribution in [0.2, 0.25) is 0 Å². The molecule has 0 aliphatic heterocycles. The maximum absolute atomic E-state index is 13.9. The fourth-order valence-corrected chi connectivity index (χ4v) is 6.72. The van der Waals surface area contributed by atoms with Crippen LogP contribution in [0.5, 0.6) is 0 Å². The van der Waals surface area contributed by atoms with Crippen LogP contribution < -0.4 is 5.32 Å². The van der Waals surface area contributed by atoms with Crippen molar-refractivity contribution < 1.29 is 18.7 Å². The normalized spacial score (nSPS) is 23.9. The van der Waals surface area contributed by atoms with Crippen molar-refractivity contribution in [2.45, 2.75) is 31.7 Å². The van der Waals surface area contributed by atoms with Crippen LogP contribution in [0.15, 0.2) is 42.7 Å². The summed E-state index contributed by atoms with van der Waals surface area (Å²) in [5.74, 6) is -1.01. The number of aliphatic carboxylic acids is 1. The van der Waals surface area contributed by atoms with Crippen molar-refractivity contribution in [2.75, 3.05) is 5.32 Å². The SMILES string of the molecule is O=C(O)[C@H]1C2CCC(CC2)[C@@H]1Nc1nc(-c2c[nH]c3ncc(F)cc23)sc1-c1ccc(F)cc1. The van der Waals surface area contributed by atoms with E-state index in [1.54, 1.807) is 18.3 Å². The minimum Gasteiger partial charge on any atom is -0.481 e. The van der Waals surface area contributed by atoms with Crippen LogP contribution in [0.4, 0.5) is 14.6 Å². The van der Waals surface area contributed by atoms with Gasteiger partial charge in [-0.1, -0.05) is 12.1 Å². The van der Waals surface area contributed by atoms with Crippen molar-refractivity contribution in [3.05, 3.63) is 54.4 Å². The average molecular weight is 481 g/mol. The first-order valence-corrected chi connectivity index (χ1v) is 12.2. The van der Waals surface area contributed by atoms with Gasteiger partial charge in [-0.2, -0.15) is 0 Å². The van der Waals surface area contributed by atoms with Gasteiger partial charge in [0.15, 0.2) is 0 Å². The van der Waals surface area contributed by atoms with Crippen LogP contribution in [0.1, 0.15) is 25.7 Å². The van der Waals surface area contributed by atoms with E-state index in [1.165, 1.54) is 29.5 Å². The second-order valence-electron chi connectivity index (χ2n) is 9.16. The highest BCUT2D eigenvalue weighted by Crippen LogP contribution is 2.48. The lowest BCUT2D eigenvalue weighted by Crippen LogP contribution is -2.51. The molecule has 0 amide bonds. The molecule has 6 nitrogen and oxygen atoms in total. The Bertz CT molecular complexity index is 1380. The fourth-order valence-electron chi connectivity index (χ4n) is 5.66. The average Bonchev–Trinajstić information content (AvgIpc) is 3.44. The zero-order valence-corrected chi connectivity index (χ0v) is 18.9. The second kappa shape index (κ2) is 8.16. The Balaban J connectivity index is 1.45. The molecule has 9 heteroatoms. The third kappa shape index (κ3) is 3.55. The van der Waals surface area contributed by atoms with Crippen LogP contribution >= 0.6 is 11.3 Å². The number of H-pyrrole nitrogens is 1. The molecule has 7 rings (SSSR count). The second-order valence-corrected chi connectivity index (χ2v) is 10.2. The van der Waals surface area contributed by atoms with E-state index in [-0.39, 0.29) is 23.7 Å². The molecule has 4 aromatic rings. The lowest BCUT2D eigenvalue weighted by atomic mass is 9.61. The number of aromatic nitrogens is 3. The molecular formula is C25H22F2N4O2S. The van der Waals surface area contributed by atoms with E-state index in [2.05, 4.69) is 15.3 Å². The van der Waals surface area contributed by atoms with E-state index in [9.17, 15) is 18.7 Å². The van der Waals surface area contributed by atoms with Gasteiger partial charge >= 0.3 is 5.97 Å². The first-order chi connectivity index (χ1) is 16.5. The number of nitrogens with zero attached hydrogens (tertiary/aromatic N) is 2. The number of halogens is 2. The molecule has 174 valence electrons. The topological polar surface area (TPSA) is 90.9 Å². The van der Waals surface area contributed by atoms with Crippen molar-refractivity contribution in [2.24, 2.45) is 17.8 Å². The molecule has 1 aromatic carbocycles. The molecule has 0 unspecified atom stereocenters. The lowest BCUT2D eigenvalue weighted by Gasteiger charge is -2.47. The monoisotopic (exact) mass is 480 g/mol. The number of carbonyl (C=O) groups is 1. The number of aromatic amines is 1. The Morgan fingerprint density at radius 3 is 2.56 bits per heavy atom. The van der Waals surface area contributed by atoms with E-state index in [1.807, 2.05) is 0 Å². The smallest absolute Gasteiger partial charge is 0.308 e. The largest absolute Gasteiger partial charge is 0.481 e. The lowest BCUT2D eigenvalue weighted by molar-refractivity contribution is -0.148. The van der Waals surface area contributed by atoms with Gasteiger partial charge < -0.3 is 15.4 Å². The maximum atomic E-state index is 13.9. The number of fused-ring (bicyclic) bond motifs is 4. The highest BCUT2D eigenvalue weighted by molar-refractivity contribution is 7.19. The number of rotatable bonds is 5. The Labute approximate surface area is 198 Å². The molecule has 0 spiro atoms. The summed E-state index contributed by atoms with van der Waals surface area (Å²) in [7, 11) is 0. The van der Waals surface area contributed by atoms with E-state index in [4.69, 9.17) is 4.98 Å². The van der Waals surface area contributed by atoms with Gasteiger partial charge in [0.2, 0.25) is 0 Å². The Kier molecular flexibility index (Phi) is 5.09. The summed E-state index contributed by atoms with van der Waals surface area (Å²) in [6.45, 7) is 0. The molecule has 3 heterocycles. The van der Waals surface area contributed by atoms with Crippen molar-refractivity contribution in [3.8, 4) is 21.0 Å². The van der Waals surface area contributed by atoms with Crippen LogP contribution in [0, 0.1) is 29.4 Å². The number of anilines is 1. The third-order valence-corrected chi connectivity index (χ3v) is 8.41. The van der Waals surface area contributed by atoms with Gasteiger partial charge in [0.25, 0.3) is 0 Å². The summed E-state index contributed by atoms with van der Waals surface area (Å²) in [6.07, 6.45) is 6.80. The zero-order valence-electron chi connectivity index (χ0n) is 18.1. The maximum Gasteiger partial charge on any atom is 0.308 e. The number of pyridine rings is 1. The molecule has 3 aliphatic carbocycles. The summed E-state index contributed by atoms with van der Waals surface area (Å²) in [5, 5.41) is 14.7. The summed E-state index contributed by atoms with van der Waals surface area (Å²) >= 11 is 1.40. The molecule has 2 bridgehead atoms. The van der Waals surface area contributed by atoms with Gasteiger partial charge in [0.1, 0.15) is 28.1 Å². The first kappa shape index (κ1) is 21.2. The Hall–Kier alpha value is -3.33. The van der Waals surface area contributed by atoms with E-state index >= 15 is 0 Å². The van der Waals surface area contributed by atoms with Crippen molar-refractivity contribution >= 4 is 34.2 Å². The number of thiazole rings is 1. The van der Waals surface area contributed by atoms with Gasteiger partial charge in [0, 0.05) is 23.2 Å². The molecule has 3 fully saturated rings. The number of benzene rings is 1. The Morgan fingerprint density at radius 2 is 1.82 bits per heavy atom. The summed E-state index contributed by atoms with van der Waals surface area (Å²) < 4.78 is 27.5. The number of carboxylic acids is 1. The standard InChI is InChI=1S/C25H22F2N4O2S/c26-15-7-5-14(6-8-15)21-23(30-20-13-3-1-12(2-4-13)19(20)25(32)33)31-24(34-21)18-11-29-22-17(18)9-16(27)10-28-22/h5-13,19-20,30H,1-4H2,(H,28,29)(H,32,33)/t12?,13?,19-,20-/m0/s1. The van der Waals surface area contributed by atoms with Gasteiger partial charge in [-0.15, -0.1) is 11.3 Å². The molecule has 2 atom stereocenters. The zero-order chi connectivity index (χ0) is 23.4. The van der Waals surface area contributed by atoms with E-state index < -0.39 is 17.7 Å². The van der Waals surface area contributed by atoms with E-state index in [0.29, 0.717) is 27.4 Å². The minimum absolute atomic E-state index is 0.162. The minimum atomic E-state index is -0.774. The number of nitrogens with one attached hydrogen (secondary N) is 2.